The maximum Gasteiger partial charge on any atom is 0.254 e. The van der Waals surface area contributed by atoms with E-state index in [9.17, 15) is 9.59 Å². The molecule has 0 aromatic heterocycles. The molecule has 1 aliphatic heterocycles. The van der Waals surface area contributed by atoms with Gasteiger partial charge in [0.15, 0.2) is 0 Å². The zero-order chi connectivity index (χ0) is 22.8. The van der Waals surface area contributed by atoms with E-state index < -0.39 is 0 Å². The van der Waals surface area contributed by atoms with E-state index in [0.717, 1.165) is 28.3 Å². The smallest absolute Gasteiger partial charge is 0.254 e. The second kappa shape index (κ2) is 7.39. The molecule has 1 saturated heterocycles. The summed E-state index contributed by atoms with van der Waals surface area (Å²) in [5.41, 5.74) is 1.95. The van der Waals surface area contributed by atoms with Crippen LogP contribution in [0.15, 0.2) is 84.0 Å². The summed E-state index contributed by atoms with van der Waals surface area (Å²) >= 11 is 0. The topological polar surface area (TPSA) is 59.0 Å². The van der Waals surface area contributed by atoms with Crippen molar-refractivity contribution >= 4 is 28.8 Å². The molecule has 0 N–H and O–H groups in total. The number of ether oxygens (including phenoxy) is 1. The SMILES string of the molecule is O=C1[C@@H]2[C@@H]3C=C[C@H]([C@H]4C[C@H]34)[C@@H]2C(=O)N1/N=C/c1ccc(OCc2cccc3ccccc23)cc1. The van der Waals surface area contributed by atoms with E-state index in [2.05, 4.69) is 41.5 Å². The minimum atomic E-state index is -0.215. The molecule has 3 aromatic rings. The van der Waals surface area contributed by atoms with Crippen LogP contribution in [0.1, 0.15) is 17.5 Å². The van der Waals surface area contributed by atoms with E-state index in [1.807, 2.05) is 42.5 Å². The third kappa shape index (κ3) is 2.96. The molecule has 8 rings (SSSR count). The summed E-state index contributed by atoms with van der Waals surface area (Å²) in [5.74, 6) is 1.69. The first-order chi connectivity index (χ1) is 16.7. The van der Waals surface area contributed by atoms with Gasteiger partial charge < -0.3 is 4.74 Å². The molecule has 5 heteroatoms. The van der Waals surface area contributed by atoms with Crippen LogP contribution in [0.5, 0.6) is 5.75 Å². The fourth-order valence-electron chi connectivity index (χ4n) is 6.41. The summed E-state index contributed by atoms with van der Waals surface area (Å²) in [7, 11) is 0. The minimum Gasteiger partial charge on any atom is -0.489 e. The molecule has 2 bridgehead atoms. The van der Waals surface area contributed by atoms with Gasteiger partial charge in [-0.2, -0.15) is 10.1 Å². The summed E-state index contributed by atoms with van der Waals surface area (Å²) in [6.45, 7) is 0.479. The lowest BCUT2D eigenvalue weighted by molar-refractivity contribution is -0.140. The highest BCUT2D eigenvalue weighted by molar-refractivity contribution is 6.06. The number of carbonyl (C=O) groups excluding carboxylic acids is 2. The van der Waals surface area contributed by atoms with Gasteiger partial charge in [0.25, 0.3) is 11.8 Å². The van der Waals surface area contributed by atoms with Crippen molar-refractivity contribution in [2.75, 3.05) is 0 Å². The number of imide groups is 1. The van der Waals surface area contributed by atoms with Crippen LogP contribution in [0.25, 0.3) is 10.8 Å². The molecule has 168 valence electrons. The van der Waals surface area contributed by atoms with E-state index >= 15 is 0 Å². The van der Waals surface area contributed by atoms with Crippen LogP contribution in [-0.4, -0.2) is 23.0 Å². The standard InChI is InChI=1S/C29H24N2O3/c32-28-26-22-12-13-23(25-14-24(22)25)27(26)29(33)31(28)30-15-17-8-10-20(11-9-17)34-16-19-6-3-5-18-4-1-2-7-21(18)19/h1-13,15,22-27H,14,16H2/b30-15+/t22-,23-,24-,25-,26-,27+/m1/s1. The molecule has 4 aliphatic carbocycles. The molecule has 34 heavy (non-hydrogen) atoms. The number of amides is 2. The maximum absolute atomic E-state index is 13.0. The molecule has 0 radical (unpaired) electrons. The molecule has 1 heterocycles. The van der Waals surface area contributed by atoms with Gasteiger partial charge >= 0.3 is 0 Å². The van der Waals surface area contributed by atoms with Gasteiger partial charge in [-0.25, -0.2) is 0 Å². The third-order valence-electron chi connectivity index (χ3n) is 8.12. The molecule has 0 spiro atoms. The fraction of sp³-hybridized carbons (Fsp3) is 0.276. The van der Waals surface area contributed by atoms with Gasteiger partial charge in [0, 0.05) is 0 Å². The predicted octanol–water partition coefficient (Wildman–Crippen LogP) is 4.81. The molecular weight excluding hydrogens is 424 g/mol. The van der Waals surface area contributed by atoms with Crippen molar-refractivity contribution in [3.63, 3.8) is 0 Å². The second-order valence-electron chi connectivity index (χ2n) is 9.88. The van der Waals surface area contributed by atoms with Crippen LogP contribution < -0.4 is 4.74 Å². The molecule has 5 aliphatic rings. The lowest BCUT2D eigenvalue weighted by atomic mass is 9.63. The first-order valence-corrected chi connectivity index (χ1v) is 12.0. The molecule has 3 fully saturated rings. The third-order valence-corrected chi connectivity index (χ3v) is 8.12. The van der Waals surface area contributed by atoms with Gasteiger partial charge in [-0.1, -0.05) is 54.6 Å². The molecular formula is C29H24N2O3. The maximum atomic E-state index is 13.0. The van der Waals surface area contributed by atoms with E-state index in [0.29, 0.717) is 18.4 Å². The first-order valence-electron chi connectivity index (χ1n) is 12.0. The number of rotatable bonds is 5. The minimum absolute atomic E-state index is 0.133. The Bertz CT molecular complexity index is 1330. The fourth-order valence-corrected chi connectivity index (χ4v) is 6.41. The Balaban J connectivity index is 1.04. The van der Waals surface area contributed by atoms with E-state index in [1.165, 1.54) is 10.8 Å². The van der Waals surface area contributed by atoms with Crippen molar-refractivity contribution in [2.24, 2.45) is 40.6 Å². The molecule has 3 aromatic carbocycles. The first kappa shape index (κ1) is 19.7. The van der Waals surface area contributed by atoms with Crippen LogP contribution in [0.3, 0.4) is 0 Å². The van der Waals surface area contributed by atoms with Gasteiger partial charge in [-0.05, 0) is 76.3 Å². The Hall–Kier alpha value is -3.73. The summed E-state index contributed by atoms with van der Waals surface area (Å²) in [6.07, 6.45) is 7.11. The molecule has 6 atom stereocenters. The van der Waals surface area contributed by atoms with Crippen molar-refractivity contribution in [3.05, 3.63) is 90.0 Å². The average molecular weight is 449 g/mol. The molecule has 0 unspecified atom stereocenters. The lowest BCUT2D eigenvalue weighted by Crippen LogP contribution is -2.40. The Morgan fingerprint density at radius 2 is 1.53 bits per heavy atom. The van der Waals surface area contributed by atoms with Gasteiger partial charge in [-0.15, -0.1) is 0 Å². The van der Waals surface area contributed by atoms with E-state index in [-0.39, 0.29) is 35.5 Å². The highest BCUT2D eigenvalue weighted by Crippen LogP contribution is 2.65. The van der Waals surface area contributed by atoms with Crippen molar-refractivity contribution in [3.8, 4) is 5.75 Å². The zero-order valence-electron chi connectivity index (χ0n) is 18.6. The second-order valence-corrected chi connectivity index (χ2v) is 9.88. The number of allylic oxidation sites excluding steroid dienone is 2. The van der Waals surface area contributed by atoms with Crippen LogP contribution in [0, 0.1) is 35.5 Å². The number of nitrogens with zero attached hydrogens (tertiary/aromatic N) is 2. The number of hydrogen-bond acceptors (Lipinski definition) is 4. The normalized spacial score (nSPS) is 30.8. The van der Waals surface area contributed by atoms with Crippen molar-refractivity contribution < 1.29 is 14.3 Å². The van der Waals surface area contributed by atoms with Crippen LogP contribution in [0.4, 0.5) is 0 Å². The molecule has 5 nitrogen and oxygen atoms in total. The lowest BCUT2D eigenvalue weighted by Gasteiger charge is -2.37. The van der Waals surface area contributed by atoms with Gasteiger partial charge in [0.05, 0.1) is 18.1 Å². The Morgan fingerprint density at radius 3 is 2.26 bits per heavy atom. The van der Waals surface area contributed by atoms with Crippen LogP contribution in [-0.2, 0) is 16.2 Å². The number of hydrazone groups is 1. The molecule has 2 saturated carbocycles. The van der Waals surface area contributed by atoms with Crippen molar-refractivity contribution in [1.82, 2.24) is 5.01 Å². The number of hydrogen-bond donors (Lipinski definition) is 0. The molecule has 2 amide bonds. The van der Waals surface area contributed by atoms with Gasteiger partial charge in [0.1, 0.15) is 12.4 Å². The largest absolute Gasteiger partial charge is 0.489 e. The Morgan fingerprint density at radius 1 is 0.853 bits per heavy atom. The Labute approximate surface area is 197 Å². The summed E-state index contributed by atoms with van der Waals surface area (Å²) in [6, 6.07) is 22.1. The highest BCUT2D eigenvalue weighted by Gasteiger charge is 2.67. The zero-order valence-corrected chi connectivity index (χ0v) is 18.6. The predicted molar refractivity (Wildman–Crippen MR) is 129 cm³/mol. The summed E-state index contributed by atoms with van der Waals surface area (Å²) < 4.78 is 6.01. The average Bonchev–Trinajstić information content (AvgIpc) is 3.66. The van der Waals surface area contributed by atoms with Crippen molar-refractivity contribution in [1.29, 1.82) is 0 Å². The van der Waals surface area contributed by atoms with Crippen molar-refractivity contribution in [2.45, 2.75) is 13.0 Å². The van der Waals surface area contributed by atoms with Crippen LogP contribution in [0.2, 0.25) is 0 Å². The summed E-state index contributed by atoms with van der Waals surface area (Å²) in [4.78, 5) is 26.1. The van der Waals surface area contributed by atoms with Gasteiger partial charge in [-0.3, -0.25) is 9.59 Å². The highest BCUT2D eigenvalue weighted by atomic mass is 16.5. The summed E-state index contributed by atoms with van der Waals surface area (Å²) in [5, 5.41) is 7.82. The Kier molecular flexibility index (Phi) is 4.28. The number of fused-ring (bicyclic) bond motifs is 1. The quantitative estimate of drug-likeness (QED) is 0.320. The number of benzene rings is 3. The van der Waals surface area contributed by atoms with E-state index in [1.54, 1.807) is 6.21 Å². The van der Waals surface area contributed by atoms with E-state index in [4.69, 9.17) is 4.74 Å². The van der Waals surface area contributed by atoms with Crippen LogP contribution >= 0.6 is 0 Å². The van der Waals surface area contributed by atoms with Gasteiger partial charge in [0.2, 0.25) is 0 Å². The monoisotopic (exact) mass is 448 g/mol. The number of carbonyl (C=O) groups is 2.